The van der Waals surface area contributed by atoms with Crippen LogP contribution in [0.2, 0.25) is 0 Å². The van der Waals surface area contributed by atoms with Gasteiger partial charge in [-0.3, -0.25) is 9.59 Å². The molecule has 8 heteroatoms. The van der Waals surface area contributed by atoms with Crippen LogP contribution in [0.3, 0.4) is 0 Å². The Labute approximate surface area is 125 Å². The lowest BCUT2D eigenvalue weighted by Gasteiger charge is -2.27. The van der Waals surface area contributed by atoms with Crippen LogP contribution in [0.15, 0.2) is 17.7 Å². The summed E-state index contributed by atoms with van der Waals surface area (Å²) in [5.74, 6) is -1.62. The van der Waals surface area contributed by atoms with Gasteiger partial charge in [0, 0.05) is 24.4 Å². The molecule has 0 saturated carbocycles. The van der Waals surface area contributed by atoms with Crippen LogP contribution < -0.4 is 5.32 Å². The summed E-state index contributed by atoms with van der Waals surface area (Å²) in [6.45, 7) is 4.61. The minimum absolute atomic E-state index is 0.190. The van der Waals surface area contributed by atoms with Crippen molar-refractivity contribution >= 4 is 29.6 Å². The van der Waals surface area contributed by atoms with Gasteiger partial charge >= 0.3 is 5.97 Å². The molecule has 1 aliphatic rings. The zero-order chi connectivity index (χ0) is 15.4. The van der Waals surface area contributed by atoms with E-state index in [0.29, 0.717) is 13.1 Å². The number of hydrogen-bond donors (Lipinski definition) is 2. The molecule has 1 fully saturated rings. The number of amides is 2. The average molecular weight is 309 g/mol. The molecule has 0 spiro atoms. The Kier molecular flexibility index (Phi) is 4.69. The highest BCUT2D eigenvalue weighted by Crippen LogP contribution is 2.29. The van der Waals surface area contributed by atoms with Crippen molar-refractivity contribution in [2.75, 3.05) is 13.1 Å². The number of carboxylic acids is 1. The third kappa shape index (κ3) is 3.66. The second kappa shape index (κ2) is 6.49. The zero-order valence-corrected chi connectivity index (χ0v) is 12.1. The minimum atomic E-state index is -1.28. The number of carbonyl (C=O) groups excluding carboxylic acids is 2. The number of nitrogens with zero attached hydrogens (tertiary/aromatic N) is 2. The Hall–Kier alpha value is -2.22. The van der Waals surface area contributed by atoms with Crippen molar-refractivity contribution in [3.63, 3.8) is 0 Å². The van der Waals surface area contributed by atoms with Crippen molar-refractivity contribution < 1.29 is 19.5 Å². The second-order valence-electron chi connectivity index (χ2n) is 4.72. The molecule has 1 saturated heterocycles. The normalized spacial score (nSPS) is 15.5. The Balaban J connectivity index is 1.98. The molecule has 0 unspecified atom stereocenters. The molecule has 0 atom stereocenters. The number of aliphatic carboxylic acids is 1. The Morgan fingerprint density at radius 1 is 1.48 bits per heavy atom. The van der Waals surface area contributed by atoms with Gasteiger partial charge in [-0.15, -0.1) is 11.3 Å². The Bertz CT molecular complexity index is 576. The van der Waals surface area contributed by atoms with Crippen molar-refractivity contribution in [3.05, 3.63) is 28.4 Å². The van der Waals surface area contributed by atoms with Gasteiger partial charge in [-0.1, -0.05) is 6.58 Å². The van der Waals surface area contributed by atoms with Crippen LogP contribution in [0.5, 0.6) is 0 Å². The molecular weight excluding hydrogens is 294 g/mol. The monoisotopic (exact) mass is 309 g/mol. The molecule has 0 radical (unpaired) electrons. The van der Waals surface area contributed by atoms with Crippen molar-refractivity contribution in [2.45, 2.75) is 18.8 Å². The van der Waals surface area contributed by atoms with E-state index in [4.69, 9.17) is 5.11 Å². The van der Waals surface area contributed by atoms with E-state index in [0.717, 1.165) is 24.3 Å². The lowest BCUT2D eigenvalue weighted by atomic mass is 9.98. The maximum absolute atomic E-state index is 11.8. The van der Waals surface area contributed by atoms with Crippen LogP contribution in [-0.2, 0) is 9.59 Å². The Morgan fingerprint density at radius 3 is 2.71 bits per heavy atom. The van der Waals surface area contributed by atoms with Gasteiger partial charge in [0.15, 0.2) is 0 Å². The fourth-order valence-corrected chi connectivity index (χ4v) is 3.06. The first-order chi connectivity index (χ1) is 10.0. The molecule has 2 N–H and O–H groups in total. The molecule has 2 amide bonds. The van der Waals surface area contributed by atoms with Gasteiger partial charge in [0.1, 0.15) is 11.4 Å². The van der Waals surface area contributed by atoms with E-state index in [9.17, 15) is 14.4 Å². The summed E-state index contributed by atoms with van der Waals surface area (Å²) in [5.41, 5.74) is -0.191. The number of rotatable bonds is 5. The van der Waals surface area contributed by atoms with Gasteiger partial charge in [0.2, 0.25) is 6.41 Å². The quantitative estimate of drug-likeness (QED) is 0.619. The first kappa shape index (κ1) is 15.2. The average Bonchev–Trinajstić information content (AvgIpc) is 2.97. The Morgan fingerprint density at radius 2 is 2.14 bits per heavy atom. The van der Waals surface area contributed by atoms with Gasteiger partial charge in [-0.25, -0.2) is 9.78 Å². The molecule has 0 bridgehead atoms. The fourth-order valence-electron chi connectivity index (χ4n) is 2.09. The third-order valence-electron chi connectivity index (χ3n) is 3.31. The van der Waals surface area contributed by atoms with Crippen molar-refractivity contribution in [1.82, 2.24) is 15.2 Å². The highest BCUT2D eigenvalue weighted by Gasteiger charge is 2.23. The number of aromatic nitrogens is 1. The summed E-state index contributed by atoms with van der Waals surface area (Å²) in [7, 11) is 0. The number of carboxylic acid groups (broad SMARTS) is 1. The van der Waals surface area contributed by atoms with Gasteiger partial charge in [0.05, 0.1) is 5.01 Å². The van der Waals surface area contributed by atoms with Crippen LogP contribution in [-0.4, -0.2) is 46.4 Å². The summed E-state index contributed by atoms with van der Waals surface area (Å²) in [4.78, 5) is 39.1. The molecule has 1 aromatic rings. The summed E-state index contributed by atoms with van der Waals surface area (Å²) >= 11 is 1.37. The largest absolute Gasteiger partial charge is 0.477 e. The van der Waals surface area contributed by atoms with Gasteiger partial charge in [-0.05, 0) is 12.8 Å². The number of carbonyl (C=O) groups is 3. The molecule has 1 aromatic heterocycles. The van der Waals surface area contributed by atoms with Gasteiger partial charge in [0.25, 0.3) is 5.91 Å². The molecule has 7 nitrogen and oxygen atoms in total. The van der Waals surface area contributed by atoms with Crippen LogP contribution in [0, 0.1) is 0 Å². The molecule has 2 rings (SSSR count). The first-order valence-electron chi connectivity index (χ1n) is 6.39. The van der Waals surface area contributed by atoms with E-state index >= 15 is 0 Å². The number of piperidine rings is 1. The first-order valence-corrected chi connectivity index (χ1v) is 7.27. The highest BCUT2D eigenvalue weighted by atomic mass is 32.1. The topological polar surface area (TPSA) is 99.6 Å². The summed E-state index contributed by atoms with van der Waals surface area (Å²) in [5, 5.41) is 13.3. The molecule has 21 heavy (non-hydrogen) atoms. The summed E-state index contributed by atoms with van der Waals surface area (Å²) in [6.07, 6.45) is 2.47. The van der Waals surface area contributed by atoms with E-state index in [1.54, 1.807) is 10.3 Å². The second-order valence-corrected chi connectivity index (χ2v) is 5.61. The molecule has 0 aliphatic carbocycles. The van der Waals surface area contributed by atoms with Gasteiger partial charge < -0.3 is 15.3 Å². The van der Waals surface area contributed by atoms with E-state index in [-0.39, 0.29) is 17.3 Å². The van der Waals surface area contributed by atoms with Crippen LogP contribution >= 0.6 is 11.3 Å². The molecule has 112 valence electrons. The van der Waals surface area contributed by atoms with Crippen LogP contribution in [0.4, 0.5) is 0 Å². The number of nitrogens with one attached hydrogen (secondary N) is 1. The van der Waals surface area contributed by atoms with Crippen molar-refractivity contribution in [1.29, 1.82) is 0 Å². The fraction of sp³-hybridized carbons (Fsp3) is 0.385. The molecule has 1 aliphatic heterocycles. The number of thiazole rings is 1. The highest BCUT2D eigenvalue weighted by molar-refractivity contribution is 7.09. The number of likely N-dealkylation sites (tertiary alicyclic amines) is 1. The maximum atomic E-state index is 11.8. The van der Waals surface area contributed by atoms with E-state index in [1.807, 2.05) is 0 Å². The minimum Gasteiger partial charge on any atom is -0.477 e. The molecule has 2 heterocycles. The SMILES string of the molecule is C=C(NC(=O)c1csc(C2CCN(C=O)CC2)n1)C(=O)O. The van der Waals surface area contributed by atoms with Crippen LogP contribution in [0.1, 0.15) is 34.3 Å². The lowest BCUT2D eigenvalue weighted by molar-refractivity contribution is -0.133. The number of hydrogen-bond acceptors (Lipinski definition) is 5. The predicted octanol–water partition coefficient (Wildman–Crippen LogP) is 0.807. The maximum Gasteiger partial charge on any atom is 0.351 e. The molecule has 0 aromatic carbocycles. The van der Waals surface area contributed by atoms with E-state index in [2.05, 4.69) is 16.9 Å². The summed E-state index contributed by atoms with van der Waals surface area (Å²) in [6, 6.07) is 0. The van der Waals surface area contributed by atoms with E-state index in [1.165, 1.54) is 11.3 Å². The van der Waals surface area contributed by atoms with Crippen LogP contribution in [0.25, 0.3) is 0 Å². The van der Waals surface area contributed by atoms with Crippen molar-refractivity contribution in [3.8, 4) is 0 Å². The predicted molar refractivity (Wildman–Crippen MR) is 76.0 cm³/mol. The summed E-state index contributed by atoms with van der Waals surface area (Å²) < 4.78 is 0. The smallest absolute Gasteiger partial charge is 0.351 e. The molecular formula is C13H15N3O4S. The van der Waals surface area contributed by atoms with E-state index < -0.39 is 11.9 Å². The van der Waals surface area contributed by atoms with Crippen molar-refractivity contribution in [2.24, 2.45) is 0 Å². The standard InChI is InChI=1S/C13H15N3O4S/c1-8(13(19)20)14-11(18)10-6-21-12(15-10)9-2-4-16(7-17)5-3-9/h6-7,9H,1-5H2,(H,14,18)(H,19,20). The van der Waals surface area contributed by atoms with Gasteiger partial charge in [-0.2, -0.15) is 0 Å². The third-order valence-corrected chi connectivity index (χ3v) is 4.31. The zero-order valence-electron chi connectivity index (χ0n) is 11.2. The lowest BCUT2D eigenvalue weighted by Crippen LogP contribution is -2.31.